The summed E-state index contributed by atoms with van der Waals surface area (Å²) in [5.74, 6) is -0.583. The van der Waals surface area contributed by atoms with E-state index in [1.54, 1.807) is 6.07 Å². The second-order valence-corrected chi connectivity index (χ2v) is 5.20. The van der Waals surface area contributed by atoms with Gasteiger partial charge in [0.05, 0.1) is 11.1 Å². The lowest BCUT2D eigenvalue weighted by atomic mass is 10.1. The first-order valence-corrected chi connectivity index (χ1v) is 7.22. The highest BCUT2D eigenvalue weighted by molar-refractivity contribution is 5.82. The minimum atomic E-state index is -0.617. The van der Waals surface area contributed by atoms with Gasteiger partial charge < -0.3 is 0 Å². The predicted molar refractivity (Wildman–Crippen MR) is 86.0 cm³/mol. The predicted octanol–water partition coefficient (Wildman–Crippen LogP) is 4.95. The van der Waals surface area contributed by atoms with E-state index in [9.17, 15) is 8.78 Å². The van der Waals surface area contributed by atoms with Gasteiger partial charge in [-0.1, -0.05) is 42.5 Å². The Morgan fingerprint density at radius 3 is 2.17 bits per heavy atom. The minimum Gasteiger partial charge on any atom is -0.299 e. The Morgan fingerprint density at radius 2 is 1.43 bits per heavy atom. The Hall–Kier alpha value is -3.01. The van der Waals surface area contributed by atoms with Crippen molar-refractivity contribution in [1.82, 2.24) is 9.38 Å². The van der Waals surface area contributed by atoms with Crippen LogP contribution in [0, 0.1) is 11.6 Å². The lowest BCUT2D eigenvalue weighted by molar-refractivity contribution is 0.589. The summed E-state index contributed by atoms with van der Waals surface area (Å²) in [6.07, 6.45) is 1.84. The van der Waals surface area contributed by atoms with Crippen molar-refractivity contribution in [2.45, 2.75) is 0 Å². The number of imidazole rings is 1. The number of aromatic nitrogens is 2. The molecule has 0 saturated carbocycles. The molecule has 0 aliphatic rings. The highest BCUT2D eigenvalue weighted by Gasteiger charge is 2.19. The molecule has 4 heteroatoms. The molecule has 0 spiro atoms. The van der Waals surface area contributed by atoms with E-state index in [-0.39, 0.29) is 5.56 Å². The Labute approximate surface area is 131 Å². The van der Waals surface area contributed by atoms with Crippen LogP contribution < -0.4 is 0 Å². The van der Waals surface area contributed by atoms with Crippen molar-refractivity contribution in [1.29, 1.82) is 0 Å². The standard InChI is InChI=1S/C19H12F2N2/c20-14-9-6-10-15(21)17(14)18-16-11-4-5-12-23(16)19(22-18)13-7-2-1-3-8-13/h1-12H. The van der Waals surface area contributed by atoms with Crippen molar-refractivity contribution in [3.8, 4) is 22.6 Å². The number of pyridine rings is 1. The quantitative estimate of drug-likeness (QED) is 0.512. The van der Waals surface area contributed by atoms with Gasteiger partial charge in [0.15, 0.2) is 0 Å². The zero-order valence-electron chi connectivity index (χ0n) is 12.1. The molecule has 2 aromatic carbocycles. The monoisotopic (exact) mass is 306 g/mol. The van der Waals surface area contributed by atoms with Crippen LogP contribution in [0.25, 0.3) is 28.2 Å². The molecule has 0 fully saturated rings. The molecule has 112 valence electrons. The van der Waals surface area contributed by atoms with E-state index in [0.717, 1.165) is 5.56 Å². The maximum atomic E-state index is 14.2. The summed E-state index contributed by atoms with van der Waals surface area (Å²) in [6, 6.07) is 18.9. The van der Waals surface area contributed by atoms with Crippen molar-refractivity contribution in [2.24, 2.45) is 0 Å². The van der Waals surface area contributed by atoms with Crippen LogP contribution in [0.5, 0.6) is 0 Å². The molecule has 0 atom stereocenters. The normalized spacial score (nSPS) is 11.0. The number of rotatable bonds is 2. The van der Waals surface area contributed by atoms with Crippen molar-refractivity contribution in [2.75, 3.05) is 0 Å². The maximum Gasteiger partial charge on any atom is 0.145 e. The van der Waals surface area contributed by atoms with Crippen molar-refractivity contribution in [3.05, 3.63) is 84.6 Å². The second-order valence-electron chi connectivity index (χ2n) is 5.20. The van der Waals surface area contributed by atoms with Gasteiger partial charge in [-0.3, -0.25) is 4.40 Å². The third kappa shape index (κ3) is 2.19. The Morgan fingerprint density at radius 1 is 0.739 bits per heavy atom. The molecular weight excluding hydrogens is 294 g/mol. The Balaban J connectivity index is 2.06. The van der Waals surface area contributed by atoms with Crippen molar-refractivity contribution in [3.63, 3.8) is 0 Å². The first-order valence-electron chi connectivity index (χ1n) is 7.22. The molecule has 23 heavy (non-hydrogen) atoms. The van der Waals surface area contributed by atoms with Crippen molar-refractivity contribution >= 4 is 5.52 Å². The van der Waals surface area contributed by atoms with Gasteiger partial charge in [0.2, 0.25) is 0 Å². The molecule has 0 amide bonds. The summed E-state index contributed by atoms with van der Waals surface area (Å²) < 4.78 is 30.2. The van der Waals surface area contributed by atoms with E-state index < -0.39 is 11.6 Å². The van der Waals surface area contributed by atoms with Crippen LogP contribution in [0.2, 0.25) is 0 Å². The smallest absolute Gasteiger partial charge is 0.145 e. The van der Waals surface area contributed by atoms with Crippen LogP contribution in [-0.4, -0.2) is 9.38 Å². The highest BCUT2D eigenvalue weighted by atomic mass is 19.1. The summed E-state index contributed by atoms with van der Waals surface area (Å²) in [6.45, 7) is 0. The van der Waals surface area contributed by atoms with Crippen LogP contribution in [0.15, 0.2) is 72.9 Å². The van der Waals surface area contributed by atoms with Gasteiger partial charge in [0.25, 0.3) is 0 Å². The van der Waals surface area contributed by atoms with Crippen LogP contribution >= 0.6 is 0 Å². The van der Waals surface area contributed by atoms with E-state index in [1.807, 2.05) is 53.1 Å². The van der Waals surface area contributed by atoms with E-state index in [1.165, 1.54) is 18.2 Å². The molecule has 2 nitrogen and oxygen atoms in total. The highest BCUT2D eigenvalue weighted by Crippen LogP contribution is 2.32. The molecule has 0 bridgehead atoms. The van der Waals surface area contributed by atoms with Gasteiger partial charge in [-0.2, -0.15) is 0 Å². The fourth-order valence-corrected chi connectivity index (χ4v) is 2.74. The molecule has 4 aromatic rings. The summed E-state index contributed by atoms with van der Waals surface area (Å²) >= 11 is 0. The molecule has 0 radical (unpaired) electrons. The fourth-order valence-electron chi connectivity index (χ4n) is 2.74. The Kier molecular flexibility index (Phi) is 3.15. The number of fused-ring (bicyclic) bond motifs is 1. The fraction of sp³-hybridized carbons (Fsp3) is 0. The summed E-state index contributed by atoms with van der Waals surface area (Å²) in [5, 5.41) is 0. The molecule has 0 unspecified atom stereocenters. The van der Waals surface area contributed by atoms with E-state index >= 15 is 0 Å². The molecule has 4 rings (SSSR count). The molecular formula is C19H12F2N2. The molecule has 2 heterocycles. The number of hydrogen-bond donors (Lipinski definition) is 0. The van der Waals surface area contributed by atoms with Crippen LogP contribution in [0.1, 0.15) is 0 Å². The van der Waals surface area contributed by atoms with Crippen LogP contribution in [0.3, 0.4) is 0 Å². The van der Waals surface area contributed by atoms with E-state index in [0.29, 0.717) is 17.0 Å². The number of hydrogen-bond acceptors (Lipinski definition) is 1. The van der Waals surface area contributed by atoms with Gasteiger partial charge in [0, 0.05) is 11.8 Å². The largest absolute Gasteiger partial charge is 0.299 e. The van der Waals surface area contributed by atoms with E-state index in [4.69, 9.17) is 0 Å². The number of halogens is 2. The molecule has 0 saturated heterocycles. The number of nitrogens with zero attached hydrogens (tertiary/aromatic N) is 2. The van der Waals surface area contributed by atoms with Crippen molar-refractivity contribution < 1.29 is 8.78 Å². The lowest BCUT2D eigenvalue weighted by Crippen LogP contribution is -1.90. The summed E-state index contributed by atoms with van der Waals surface area (Å²) in [4.78, 5) is 4.53. The van der Waals surface area contributed by atoms with E-state index in [2.05, 4.69) is 4.98 Å². The SMILES string of the molecule is Fc1cccc(F)c1-c1nc(-c2ccccc2)n2ccccc12. The zero-order chi connectivity index (χ0) is 15.8. The first-order chi connectivity index (χ1) is 11.3. The molecule has 0 aliphatic carbocycles. The maximum absolute atomic E-state index is 14.2. The van der Waals surface area contributed by atoms with Gasteiger partial charge in [0.1, 0.15) is 23.2 Å². The molecule has 2 aromatic heterocycles. The first kappa shape index (κ1) is 13.6. The van der Waals surface area contributed by atoms with Gasteiger partial charge in [-0.15, -0.1) is 0 Å². The third-order valence-corrected chi connectivity index (χ3v) is 3.78. The van der Waals surface area contributed by atoms with Gasteiger partial charge in [-0.05, 0) is 24.3 Å². The minimum absolute atomic E-state index is 0.0987. The second kappa shape index (κ2) is 5.32. The van der Waals surface area contributed by atoms with Crippen LogP contribution in [0.4, 0.5) is 8.78 Å². The van der Waals surface area contributed by atoms with Gasteiger partial charge in [-0.25, -0.2) is 13.8 Å². The molecule has 0 aliphatic heterocycles. The average molecular weight is 306 g/mol. The molecule has 0 N–H and O–H groups in total. The Bertz CT molecular complexity index is 971. The lowest BCUT2D eigenvalue weighted by Gasteiger charge is -2.02. The summed E-state index contributed by atoms with van der Waals surface area (Å²) in [7, 11) is 0. The van der Waals surface area contributed by atoms with Gasteiger partial charge >= 0.3 is 0 Å². The van der Waals surface area contributed by atoms with Crippen LogP contribution in [-0.2, 0) is 0 Å². The summed E-state index contributed by atoms with van der Waals surface area (Å²) in [5.41, 5.74) is 1.76. The topological polar surface area (TPSA) is 17.3 Å². The zero-order valence-corrected chi connectivity index (χ0v) is 12.1. The number of benzene rings is 2. The third-order valence-electron chi connectivity index (χ3n) is 3.78. The average Bonchev–Trinajstić information content (AvgIpc) is 2.95.